The molecule has 0 spiro atoms. The lowest BCUT2D eigenvalue weighted by Gasteiger charge is -2.31. The minimum Gasteiger partial charge on any atom is -0.481 e. The van der Waals surface area contributed by atoms with E-state index in [2.05, 4.69) is 29.6 Å². The van der Waals surface area contributed by atoms with Gasteiger partial charge in [0.05, 0.1) is 0 Å². The van der Waals surface area contributed by atoms with Crippen molar-refractivity contribution < 1.29 is 24.2 Å². The topological polar surface area (TPSA) is 95.9 Å². The summed E-state index contributed by atoms with van der Waals surface area (Å²) in [4.78, 5) is 37.6. The van der Waals surface area contributed by atoms with E-state index in [1.54, 1.807) is 11.9 Å². The fraction of sp³-hybridized carbons (Fsp3) is 0.464. The van der Waals surface area contributed by atoms with Crippen LogP contribution in [0, 0.1) is 5.92 Å². The zero-order valence-electron chi connectivity index (χ0n) is 20.2. The van der Waals surface area contributed by atoms with Gasteiger partial charge in [-0.05, 0) is 60.8 Å². The summed E-state index contributed by atoms with van der Waals surface area (Å²) in [5.74, 6) is -0.700. The molecule has 2 amide bonds. The molecule has 0 unspecified atom stereocenters. The Morgan fingerprint density at radius 2 is 1.54 bits per heavy atom. The van der Waals surface area contributed by atoms with Crippen LogP contribution in [0.3, 0.4) is 0 Å². The van der Waals surface area contributed by atoms with E-state index in [1.165, 1.54) is 22.3 Å². The Labute approximate surface area is 206 Å². The van der Waals surface area contributed by atoms with Crippen LogP contribution in [-0.2, 0) is 14.3 Å². The summed E-state index contributed by atoms with van der Waals surface area (Å²) in [6.45, 7) is 0.865. The minimum absolute atomic E-state index is 0.00979. The van der Waals surface area contributed by atoms with Crippen LogP contribution in [0.25, 0.3) is 11.1 Å². The van der Waals surface area contributed by atoms with Crippen molar-refractivity contribution in [2.75, 3.05) is 20.2 Å². The first-order chi connectivity index (χ1) is 16.9. The normalized spacial score (nSPS) is 18.9. The van der Waals surface area contributed by atoms with E-state index in [4.69, 9.17) is 9.84 Å². The first kappa shape index (κ1) is 24.8. The highest BCUT2D eigenvalue weighted by Crippen LogP contribution is 2.44. The van der Waals surface area contributed by atoms with Crippen LogP contribution in [0.1, 0.15) is 62.0 Å². The summed E-state index contributed by atoms with van der Waals surface area (Å²) in [5, 5.41) is 11.7. The molecule has 2 aliphatic carbocycles. The van der Waals surface area contributed by atoms with E-state index in [-0.39, 0.29) is 30.2 Å². The zero-order valence-corrected chi connectivity index (χ0v) is 20.2. The van der Waals surface area contributed by atoms with Crippen molar-refractivity contribution >= 4 is 18.0 Å². The van der Waals surface area contributed by atoms with Crippen LogP contribution in [0.4, 0.5) is 4.79 Å². The third kappa shape index (κ3) is 6.02. The number of alkyl carbamates (subject to hydrolysis) is 1. The zero-order chi connectivity index (χ0) is 24.8. The average molecular weight is 479 g/mol. The van der Waals surface area contributed by atoms with E-state index in [0.717, 1.165) is 25.7 Å². The van der Waals surface area contributed by atoms with Crippen LogP contribution in [0.15, 0.2) is 48.5 Å². The highest BCUT2D eigenvalue weighted by molar-refractivity contribution is 5.79. The highest BCUT2D eigenvalue weighted by Gasteiger charge is 2.31. The summed E-state index contributed by atoms with van der Waals surface area (Å²) in [5.41, 5.74) is 4.78. The number of carbonyl (C=O) groups excluding carboxylic acids is 2. The van der Waals surface area contributed by atoms with Crippen molar-refractivity contribution in [2.24, 2.45) is 5.92 Å². The van der Waals surface area contributed by atoms with Gasteiger partial charge >= 0.3 is 12.1 Å². The lowest BCUT2D eigenvalue weighted by molar-refractivity contribution is -0.137. The molecule has 0 bridgehead atoms. The average Bonchev–Trinajstić information content (AvgIpc) is 3.19. The highest BCUT2D eigenvalue weighted by atomic mass is 16.5. The summed E-state index contributed by atoms with van der Waals surface area (Å²) >= 11 is 0. The fourth-order valence-corrected chi connectivity index (χ4v) is 5.34. The van der Waals surface area contributed by atoms with Crippen molar-refractivity contribution in [3.05, 3.63) is 59.7 Å². The molecule has 0 atom stereocenters. The number of ether oxygens (including phenoxy) is 1. The Hall–Kier alpha value is -3.35. The van der Waals surface area contributed by atoms with Gasteiger partial charge < -0.3 is 20.1 Å². The Balaban J connectivity index is 1.21. The molecular formula is C28H34N2O5. The molecule has 0 aromatic heterocycles. The summed E-state index contributed by atoms with van der Waals surface area (Å²) in [6.07, 6.45) is 3.93. The molecule has 0 heterocycles. The number of rotatable bonds is 9. The van der Waals surface area contributed by atoms with E-state index in [0.29, 0.717) is 26.0 Å². The first-order valence-electron chi connectivity index (χ1n) is 12.5. The molecular weight excluding hydrogens is 444 g/mol. The van der Waals surface area contributed by atoms with Gasteiger partial charge in [0.2, 0.25) is 5.91 Å². The number of nitrogens with zero attached hydrogens (tertiary/aromatic N) is 1. The van der Waals surface area contributed by atoms with Crippen molar-refractivity contribution in [3.8, 4) is 11.1 Å². The van der Waals surface area contributed by atoms with Gasteiger partial charge in [0.25, 0.3) is 0 Å². The first-order valence-corrected chi connectivity index (χ1v) is 12.5. The van der Waals surface area contributed by atoms with Crippen LogP contribution in [-0.4, -0.2) is 54.2 Å². The predicted octanol–water partition coefficient (Wildman–Crippen LogP) is 4.80. The second-order valence-corrected chi connectivity index (χ2v) is 9.63. The third-order valence-corrected chi connectivity index (χ3v) is 7.25. The molecule has 7 heteroatoms. The molecule has 2 aromatic carbocycles. The maximum atomic E-state index is 12.7. The third-order valence-electron chi connectivity index (χ3n) is 7.25. The second kappa shape index (κ2) is 11.4. The number of fused-ring (bicyclic) bond motifs is 3. The summed E-state index contributed by atoms with van der Waals surface area (Å²) < 4.78 is 5.66. The fourth-order valence-electron chi connectivity index (χ4n) is 5.34. The number of carboxylic acids is 1. The van der Waals surface area contributed by atoms with Crippen LogP contribution in [0.2, 0.25) is 0 Å². The molecule has 186 valence electrons. The van der Waals surface area contributed by atoms with Crippen LogP contribution < -0.4 is 5.32 Å². The molecule has 1 saturated carbocycles. The predicted molar refractivity (Wildman–Crippen MR) is 133 cm³/mol. The van der Waals surface area contributed by atoms with Gasteiger partial charge in [-0.15, -0.1) is 0 Å². The Morgan fingerprint density at radius 3 is 2.14 bits per heavy atom. The van der Waals surface area contributed by atoms with Crippen molar-refractivity contribution in [2.45, 2.75) is 56.9 Å². The molecule has 0 radical (unpaired) electrons. The molecule has 2 aromatic rings. The number of carbonyl (C=O) groups is 3. The number of carboxylic acid groups (broad SMARTS) is 1. The maximum absolute atomic E-state index is 12.7. The maximum Gasteiger partial charge on any atom is 0.407 e. The molecule has 0 aliphatic heterocycles. The van der Waals surface area contributed by atoms with Crippen LogP contribution in [0.5, 0.6) is 0 Å². The summed E-state index contributed by atoms with van der Waals surface area (Å²) in [7, 11) is 1.78. The summed E-state index contributed by atoms with van der Waals surface area (Å²) in [6, 6.07) is 16.5. The van der Waals surface area contributed by atoms with Crippen molar-refractivity contribution in [1.29, 1.82) is 0 Å². The molecule has 4 rings (SSSR count). The molecule has 2 aliphatic rings. The molecule has 1 fully saturated rings. The number of amides is 2. The van der Waals surface area contributed by atoms with Crippen molar-refractivity contribution in [3.63, 3.8) is 0 Å². The Bertz CT molecular complexity index is 1020. The monoisotopic (exact) mass is 478 g/mol. The number of hydrogen-bond donors (Lipinski definition) is 2. The van der Waals surface area contributed by atoms with Gasteiger partial charge in [-0.1, -0.05) is 48.5 Å². The lowest BCUT2D eigenvalue weighted by Crippen LogP contribution is -2.42. The number of nitrogens with one attached hydrogen (secondary N) is 1. The lowest BCUT2D eigenvalue weighted by atomic mass is 9.85. The van der Waals surface area contributed by atoms with Gasteiger partial charge in [0.15, 0.2) is 0 Å². The SMILES string of the molecule is CN(CCCCC(=O)O)C(=O)C1CCC(NC(=O)OCC2c3ccccc3-c3ccccc32)CC1. The second-order valence-electron chi connectivity index (χ2n) is 9.63. The largest absolute Gasteiger partial charge is 0.481 e. The van der Waals surface area contributed by atoms with Gasteiger partial charge in [-0.3, -0.25) is 9.59 Å². The Morgan fingerprint density at radius 1 is 0.943 bits per heavy atom. The molecule has 2 N–H and O–H groups in total. The number of unbranched alkanes of at least 4 members (excludes halogenated alkanes) is 1. The van der Waals surface area contributed by atoms with E-state index < -0.39 is 12.1 Å². The molecule has 35 heavy (non-hydrogen) atoms. The van der Waals surface area contributed by atoms with E-state index in [1.807, 2.05) is 24.3 Å². The quantitative estimate of drug-likeness (QED) is 0.505. The van der Waals surface area contributed by atoms with E-state index in [9.17, 15) is 14.4 Å². The molecule has 0 saturated heterocycles. The number of benzene rings is 2. The minimum atomic E-state index is -0.804. The Kier molecular flexibility index (Phi) is 8.06. The smallest absolute Gasteiger partial charge is 0.407 e. The molecule has 7 nitrogen and oxygen atoms in total. The van der Waals surface area contributed by atoms with Crippen molar-refractivity contribution in [1.82, 2.24) is 10.2 Å². The van der Waals surface area contributed by atoms with E-state index >= 15 is 0 Å². The van der Waals surface area contributed by atoms with Gasteiger partial charge in [-0.2, -0.15) is 0 Å². The standard InChI is InChI=1S/C28H34N2O5/c1-30(17-7-6-12-26(31)32)27(33)19-13-15-20(16-14-19)29-28(34)35-18-25-23-10-4-2-8-21(23)22-9-3-5-11-24(22)25/h2-5,8-11,19-20,25H,6-7,12-18H2,1H3,(H,29,34)(H,31,32). The van der Waals surface area contributed by atoms with Gasteiger partial charge in [0.1, 0.15) is 6.61 Å². The van der Waals surface area contributed by atoms with Gasteiger partial charge in [-0.25, -0.2) is 4.79 Å². The number of aliphatic carboxylic acids is 1. The van der Waals surface area contributed by atoms with Crippen LogP contribution >= 0.6 is 0 Å². The number of hydrogen-bond acceptors (Lipinski definition) is 4. The van der Waals surface area contributed by atoms with Gasteiger partial charge in [0, 0.05) is 37.9 Å².